The van der Waals surface area contributed by atoms with Gasteiger partial charge in [0, 0.05) is 11.6 Å². The van der Waals surface area contributed by atoms with Gasteiger partial charge in [-0.1, -0.05) is 0 Å². The summed E-state index contributed by atoms with van der Waals surface area (Å²) in [6, 6.07) is 6.44. The summed E-state index contributed by atoms with van der Waals surface area (Å²) in [7, 11) is -2.15. The Morgan fingerprint density at radius 1 is 1.12 bits per heavy atom. The smallest absolute Gasteiger partial charge is 0.407 e. The molecule has 1 aromatic heterocycles. The predicted octanol–water partition coefficient (Wildman–Crippen LogP) is 4.19. The summed E-state index contributed by atoms with van der Waals surface area (Å²) in [5.41, 5.74) is 0.825. The number of esters is 1. The molecule has 0 aliphatic heterocycles. The van der Waals surface area contributed by atoms with Crippen LogP contribution in [0, 0.1) is 6.92 Å². The van der Waals surface area contributed by atoms with E-state index in [1.54, 1.807) is 52.0 Å². The Morgan fingerprint density at radius 3 is 2.29 bits per heavy atom. The van der Waals surface area contributed by atoms with Crippen LogP contribution in [0.4, 0.5) is 4.79 Å². The molecule has 0 atom stereocenters. The molecule has 1 N–H and O–H groups in total. The number of alkyl carbamates (subject to hydrolysis) is 1. The van der Waals surface area contributed by atoms with Crippen LogP contribution in [0.2, 0.25) is 0 Å². The molecule has 1 aromatic carbocycles. The van der Waals surface area contributed by atoms with Crippen molar-refractivity contribution in [2.75, 3.05) is 7.11 Å². The molecule has 186 valence electrons. The molecule has 1 amide bonds. The van der Waals surface area contributed by atoms with Gasteiger partial charge in [0.25, 0.3) is 0 Å². The fourth-order valence-corrected chi connectivity index (χ4v) is 5.78. The summed E-state index contributed by atoms with van der Waals surface area (Å²) in [5, 5.41) is 2.33. The van der Waals surface area contributed by atoms with Gasteiger partial charge >= 0.3 is 12.1 Å². The average molecular weight is 493 g/mol. The molecule has 10 heteroatoms. The number of nitrogens with one attached hydrogen (secondary N) is 1. The van der Waals surface area contributed by atoms with Crippen LogP contribution in [0.3, 0.4) is 0 Å². The molecule has 0 radical (unpaired) electrons. The molecule has 1 aliphatic rings. The zero-order valence-corrected chi connectivity index (χ0v) is 21.0. The molecular weight excluding hydrogens is 460 g/mol. The van der Waals surface area contributed by atoms with E-state index in [1.807, 2.05) is 0 Å². The molecule has 34 heavy (non-hydrogen) atoms. The molecule has 3 rings (SSSR count). The van der Waals surface area contributed by atoms with Gasteiger partial charge in [0.1, 0.15) is 11.4 Å². The van der Waals surface area contributed by atoms with Crippen molar-refractivity contribution in [2.45, 2.75) is 76.0 Å². The van der Waals surface area contributed by atoms with Crippen LogP contribution < -0.4 is 5.32 Å². The monoisotopic (exact) mass is 492 g/mol. The molecular formula is C24H32N2O7S. The molecule has 0 unspecified atom stereocenters. The highest BCUT2D eigenvalue weighted by Crippen LogP contribution is 2.29. The fraction of sp³-hybridized carbons (Fsp3) is 0.542. The number of carbonyl (C=O) groups is 2. The molecule has 2 aromatic rings. The van der Waals surface area contributed by atoms with E-state index in [0.29, 0.717) is 54.2 Å². The maximum Gasteiger partial charge on any atom is 0.407 e. The minimum absolute atomic E-state index is 0.102. The van der Waals surface area contributed by atoms with E-state index < -0.39 is 32.8 Å². The van der Waals surface area contributed by atoms with Crippen LogP contribution in [-0.2, 0) is 25.1 Å². The number of hydrogen-bond donors (Lipinski definition) is 1. The summed E-state index contributed by atoms with van der Waals surface area (Å²) >= 11 is 0. The molecule has 1 aliphatic carbocycles. The van der Waals surface area contributed by atoms with E-state index in [9.17, 15) is 18.0 Å². The lowest BCUT2D eigenvalue weighted by molar-refractivity contribution is 0.0492. The van der Waals surface area contributed by atoms with Crippen LogP contribution in [0.5, 0.6) is 0 Å². The molecule has 9 nitrogen and oxygen atoms in total. The Labute approximate surface area is 200 Å². The SMILES string of the molecule is COC(=O)c1ccc(-c2nc(CS(=O)(=O)[C@H]3CC[C@H](NC(=O)OC(C)(C)C)CC3)c(C)o2)cc1. The number of benzene rings is 1. The number of oxazole rings is 1. The Hall–Kier alpha value is -2.88. The number of rotatable bonds is 6. The van der Waals surface area contributed by atoms with Crippen LogP contribution >= 0.6 is 0 Å². The lowest BCUT2D eigenvalue weighted by Crippen LogP contribution is -2.42. The van der Waals surface area contributed by atoms with Crippen molar-refractivity contribution < 1.29 is 31.9 Å². The van der Waals surface area contributed by atoms with Gasteiger partial charge in [-0.15, -0.1) is 0 Å². The Balaban J connectivity index is 1.61. The highest BCUT2D eigenvalue weighted by atomic mass is 32.2. The third-order valence-electron chi connectivity index (χ3n) is 5.69. The van der Waals surface area contributed by atoms with E-state index >= 15 is 0 Å². The van der Waals surface area contributed by atoms with Crippen molar-refractivity contribution >= 4 is 21.9 Å². The summed E-state index contributed by atoms with van der Waals surface area (Å²) in [5.74, 6) is 0.0791. The van der Waals surface area contributed by atoms with Crippen LogP contribution in [0.25, 0.3) is 11.5 Å². The Bertz CT molecular complexity index is 1120. The highest BCUT2D eigenvalue weighted by molar-refractivity contribution is 7.91. The van der Waals surface area contributed by atoms with Gasteiger partial charge in [-0.2, -0.15) is 0 Å². The van der Waals surface area contributed by atoms with Crippen molar-refractivity contribution in [2.24, 2.45) is 0 Å². The second-order valence-corrected chi connectivity index (χ2v) is 11.8. The minimum atomic E-state index is -3.46. The van der Waals surface area contributed by atoms with Crippen molar-refractivity contribution in [3.8, 4) is 11.5 Å². The zero-order valence-electron chi connectivity index (χ0n) is 20.2. The third-order valence-corrected chi connectivity index (χ3v) is 7.85. The first kappa shape index (κ1) is 25.7. The van der Waals surface area contributed by atoms with E-state index in [-0.39, 0.29) is 11.8 Å². The number of amides is 1. The Kier molecular flexibility index (Phi) is 7.70. The normalized spacial score (nSPS) is 18.9. The standard InChI is InChI=1S/C24H32N2O7S/c1-15-20(26-21(32-15)16-6-8-17(9-7-16)22(27)31-5)14-34(29,30)19-12-10-18(11-13-19)25-23(28)33-24(2,3)4/h6-9,18-19H,10-14H2,1-5H3,(H,25,28)/t18-,19-. The summed E-state index contributed by atoms with van der Waals surface area (Å²) in [4.78, 5) is 28.0. The topological polar surface area (TPSA) is 125 Å². The van der Waals surface area contributed by atoms with Gasteiger partial charge < -0.3 is 19.2 Å². The molecule has 1 fully saturated rings. The van der Waals surface area contributed by atoms with Gasteiger partial charge in [0.15, 0.2) is 9.84 Å². The molecule has 0 spiro atoms. The van der Waals surface area contributed by atoms with E-state index in [1.165, 1.54) is 7.11 Å². The minimum Gasteiger partial charge on any atom is -0.465 e. The average Bonchev–Trinajstić information content (AvgIpc) is 3.12. The van der Waals surface area contributed by atoms with Gasteiger partial charge in [-0.05, 0) is 77.6 Å². The van der Waals surface area contributed by atoms with Gasteiger partial charge in [0.2, 0.25) is 5.89 Å². The lowest BCUT2D eigenvalue weighted by atomic mass is 9.95. The fourth-order valence-electron chi connectivity index (χ4n) is 3.90. The first-order valence-corrected chi connectivity index (χ1v) is 13.0. The lowest BCUT2D eigenvalue weighted by Gasteiger charge is -2.29. The molecule has 1 heterocycles. The predicted molar refractivity (Wildman–Crippen MR) is 126 cm³/mol. The quantitative estimate of drug-likeness (QED) is 0.595. The molecule has 0 saturated heterocycles. The number of nitrogens with zero attached hydrogens (tertiary/aromatic N) is 1. The van der Waals surface area contributed by atoms with Gasteiger partial charge in [-0.3, -0.25) is 0 Å². The third kappa shape index (κ3) is 6.59. The van der Waals surface area contributed by atoms with E-state index in [0.717, 1.165) is 0 Å². The number of carbonyl (C=O) groups excluding carboxylic acids is 2. The summed E-state index contributed by atoms with van der Waals surface area (Å²) < 4.78 is 41.8. The number of sulfone groups is 1. The number of ether oxygens (including phenoxy) is 2. The molecule has 0 bridgehead atoms. The summed E-state index contributed by atoms with van der Waals surface area (Å²) in [6.45, 7) is 7.08. The molecule has 1 saturated carbocycles. The summed E-state index contributed by atoms with van der Waals surface area (Å²) in [6.07, 6.45) is 1.57. The van der Waals surface area contributed by atoms with E-state index in [2.05, 4.69) is 10.3 Å². The van der Waals surface area contributed by atoms with Crippen molar-refractivity contribution in [1.29, 1.82) is 0 Å². The van der Waals surface area contributed by atoms with Gasteiger partial charge in [0.05, 0.1) is 29.4 Å². The number of methoxy groups -OCH3 is 1. The number of aromatic nitrogens is 1. The highest BCUT2D eigenvalue weighted by Gasteiger charge is 2.33. The maximum absolute atomic E-state index is 13.1. The zero-order chi connectivity index (χ0) is 25.1. The van der Waals surface area contributed by atoms with Crippen molar-refractivity contribution in [3.63, 3.8) is 0 Å². The first-order chi connectivity index (χ1) is 15.9. The first-order valence-electron chi connectivity index (χ1n) is 11.2. The number of aryl methyl sites for hydroxylation is 1. The van der Waals surface area contributed by atoms with Crippen LogP contribution in [0.15, 0.2) is 28.7 Å². The maximum atomic E-state index is 13.1. The number of hydrogen-bond acceptors (Lipinski definition) is 8. The van der Waals surface area contributed by atoms with Crippen molar-refractivity contribution in [3.05, 3.63) is 41.3 Å². The van der Waals surface area contributed by atoms with Crippen LogP contribution in [0.1, 0.15) is 68.3 Å². The Morgan fingerprint density at radius 2 is 1.74 bits per heavy atom. The second-order valence-electron chi connectivity index (χ2n) is 9.52. The van der Waals surface area contributed by atoms with E-state index in [4.69, 9.17) is 13.9 Å². The van der Waals surface area contributed by atoms with Crippen LogP contribution in [-0.4, -0.2) is 49.5 Å². The largest absolute Gasteiger partial charge is 0.465 e. The second kappa shape index (κ2) is 10.2. The van der Waals surface area contributed by atoms with Gasteiger partial charge in [-0.25, -0.2) is 23.0 Å². The van der Waals surface area contributed by atoms with Crippen molar-refractivity contribution in [1.82, 2.24) is 10.3 Å².